The highest BCUT2D eigenvalue weighted by Crippen LogP contribution is 2.29. The summed E-state index contributed by atoms with van der Waals surface area (Å²) in [6.45, 7) is 1.83. The maximum atomic E-state index is 12.7. The number of aryl methyl sites for hydroxylation is 1. The molecule has 0 N–H and O–H groups in total. The van der Waals surface area contributed by atoms with E-state index < -0.39 is 52.0 Å². The van der Waals surface area contributed by atoms with Crippen molar-refractivity contribution in [2.24, 2.45) is 30.0 Å². The molecular weight excluding hydrogens is 1040 g/mol. The van der Waals surface area contributed by atoms with Crippen molar-refractivity contribution in [2.75, 3.05) is 25.6 Å². The first-order valence-electron chi connectivity index (χ1n) is 22.2. The summed E-state index contributed by atoms with van der Waals surface area (Å²) in [5.41, 5.74) is 1.94. The second kappa shape index (κ2) is 38.5. The Labute approximate surface area is 440 Å². The monoisotopic (exact) mass is 1090 g/mol. The molecule has 0 bridgehead atoms. The minimum atomic E-state index is -2.93. The van der Waals surface area contributed by atoms with Crippen LogP contribution in [-0.4, -0.2) is 68.7 Å². The number of unbranched alkanes of at least 4 members (excludes halogenated alkanes) is 4. The zero-order valence-electron chi connectivity index (χ0n) is 41.7. The summed E-state index contributed by atoms with van der Waals surface area (Å²) >= 11 is 0. The van der Waals surface area contributed by atoms with Crippen LogP contribution < -0.4 is 14.4 Å². The molecular formula is C53H45F7N8O10. The number of isocyanates is 6. The SMILES string of the molecule is CCCCCCCOc1ccc(N=C=O)cc1.CN(C)c1ccc(N=C=O)cc1.Cc1ccc(F)c(N=C=O)c1.O=C=Nc1ccc(F)c(F)c1F.O=C=Nc1ccc(F)cc1[N+](=O)[O-].O=C=Nc1ccccc1OC(F)F. The summed E-state index contributed by atoms with van der Waals surface area (Å²) in [4.78, 5) is 89.8. The Hall–Kier alpha value is -10.1. The molecule has 0 amide bonds. The first kappa shape index (κ1) is 65.9. The average Bonchev–Trinajstić information content (AvgIpc) is 3.42. The molecule has 0 aromatic heterocycles. The molecule has 0 aliphatic carbocycles. The van der Waals surface area contributed by atoms with Gasteiger partial charge in [0.1, 0.15) is 34.4 Å². The summed E-state index contributed by atoms with van der Waals surface area (Å²) in [6, 6.07) is 28.8. The number of hydrogen-bond donors (Lipinski definition) is 0. The Morgan fingerprint density at radius 1 is 0.564 bits per heavy atom. The number of hydrogen-bond acceptors (Lipinski definition) is 17. The van der Waals surface area contributed by atoms with Crippen molar-refractivity contribution < 1.29 is 73.9 Å². The minimum absolute atomic E-state index is 0.0396. The molecule has 406 valence electrons. The van der Waals surface area contributed by atoms with Gasteiger partial charge in [-0.2, -0.15) is 38.7 Å². The number of carbonyl (C=O) groups excluding carboxylic acids is 6. The Morgan fingerprint density at radius 3 is 1.63 bits per heavy atom. The molecule has 0 aliphatic rings. The molecule has 0 radical (unpaired) electrons. The second-order valence-corrected chi connectivity index (χ2v) is 14.8. The van der Waals surface area contributed by atoms with Crippen LogP contribution in [0.2, 0.25) is 0 Å². The Morgan fingerprint density at radius 2 is 1.08 bits per heavy atom. The summed E-state index contributed by atoms with van der Waals surface area (Å²) < 4.78 is 95.6. The van der Waals surface area contributed by atoms with Crippen LogP contribution in [0.5, 0.6) is 11.5 Å². The smallest absolute Gasteiger partial charge is 0.387 e. The van der Waals surface area contributed by atoms with Gasteiger partial charge in [-0.3, -0.25) is 10.1 Å². The number of alkyl halides is 2. The second-order valence-electron chi connectivity index (χ2n) is 14.8. The maximum Gasteiger partial charge on any atom is 0.387 e. The number of aliphatic imine (C=N–C) groups is 6. The largest absolute Gasteiger partial charge is 0.494 e. The lowest BCUT2D eigenvalue weighted by Crippen LogP contribution is -2.07. The number of ether oxygens (including phenoxy) is 2. The Balaban J connectivity index is 0.000000471. The van der Waals surface area contributed by atoms with Crippen molar-refractivity contribution in [2.45, 2.75) is 52.6 Å². The molecule has 25 heteroatoms. The minimum Gasteiger partial charge on any atom is -0.494 e. The van der Waals surface area contributed by atoms with E-state index in [9.17, 15) is 69.6 Å². The van der Waals surface area contributed by atoms with E-state index >= 15 is 0 Å². The van der Waals surface area contributed by atoms with Crippen LogP contribution >= 0.6 is 0 Å². The van der Waals surface area contributed by atoms with Crippen LogP contribution in [0, 0.1) is 46.1 Å². The third-order valence-electron chi connectivity index (χ3n) is 9.07. The van der Waals surface area contributed by atoms with E-state index in [1.165, 1.54) is 80.3 Å². The summed E-state index contributed by atoms with van der Waals surface area (Å²) in [7, 11) is 3.91. The summed E-state index contributed by atoms with van der Waals surface area (Å²) in [6.07, 6.45) is 13.9. The number of rotatable bonds is 17. The van der Waals surface area contributed by atoms with E-state index in [0.717, 1.165) is 60.4 Å². The topological polar surface area (TPSA) is 241 Å². The number of nitro benzene ring substituents is 1. The van der Waals surface area contributed by atoms with E-state index in [4.69, 9.17) is 4.74 Å². The van der Waals surface area contributed by atoms with Gasteiger partial charge >= 0.3 is 6.61 Å². The predicted molar refractivity (Wildman–Crippen MR) is 272 cm³/mol. The molecule has 0 saturated carbocycles. The van der Waals surface area contributed by atoms with E-state index in [1.807, 2.05) is 43.3 Å². The maximum absolute atomic E-state index is 12.7. The van der Waals surface area contributed by atoms with Gasteiger partial charge in [0.25, 0.3) is 5.69 Å². The highest BCUT2D eigenvalue weighted by Gasteiger charge is 2.14. The zero-order chi connectivity index (χ0) is 58.3. The number of para-hydroxylation sites is 2. The first-order chi connectivity index (χ1) is 37.4. The van der Waals surface area contributed by atoms with Crippen molar-refractivity contribution in [3.8, 4) is 11.5 Å². The number of nitrogens with zero attached hydrogens (tertiary/aromatic N) is 8. The fourth-order valence-corrected chi connectivity index (χ4v) is 5.43. The van der Waals surface area contributed by atoms with Crippen LogP contribution in [0.25, 0.3) is 0 Å². The molecule has 0 spiro atoms. The van der Waals surface area contributed by atoms with Gasteiger partial charge in [0.05, 0.1) is 29.0 Å². The molecule has 0 heterocycles. The zero-order valence-corrected chi connectivity index (χ0v) is 41.7. The van der Waals surface area contributed by atoms with Gasteiger partial charge in [0, 0.05) is 19.8 Å². The van der Waals surface area contributed by atoms with E-state index in [1.54, 1.807) is 43.3 Å². The number of halogens is 7. The third kappa shape index (κ3) is 26.7. The standard InChI is InChI=1S/C14H19NO2.C9H10N2O.C8H5F2NO2.C8H6FNO.C7H2F3NO.C7H3FN2O3/c1-2-3-4-5-6-11-17-14-9-7-13(8-10-14)15-12-16;1-11(2)9-5-3-8(4-6-9)10-7-12;9-8(10)13-7-4-2-1-3-6(7)11-5-12;1-6-2-3-7(9)8(4-6)10-5-11;8-4-1-2-5(11-3-12)7(10)6(4)9;8-5-1-2-6(9-4-11)7(3-5)10(12)13/h7-10H,2-6,11H2,1H3;3-6H,1-2H3;1-4,8H;2-4H,1H3;1-2H;1-3H. The molecule has 0 saturated heterocycles. The Bertz CT molecular complexity index is 3150. The van der Waals surface area contributed by atoms with E-state index in [-0.39, 0.29) is 22.8 Å². The fraction of sp³-hybridized carbons (Fsp3) is 0.208. The van der Waals surface area contributed by atoms with Gasteiger partial charge in [0.15, 0.2) is 28.9 Å². The fourth-order valence-electron chi connectivity index (χ4n) is 5.43. The Kier molecular flexibility index (Phi) is 32.5. The van der Waals surface area contributed by atoms with Gasteiger partial charge in [-0.25, -0.2) is 50.7 Å². The number of anilines is 1. The molecule has 6 aromatic rings. The van der Waals surface area contributed by atoms with Gasteiger partial charge in [-0.1, -0.05) is 50.8 Å². The normalized spacial score (nSPS) is 9.23. The molecule has 6 rings (SSSR count). The van der Waals surface area contributed by atoms with Gasteiger partial charge in [-0.05, 0) is 116 Å². The summed E-state index contributed by atoms with van der Waals surface area (Å²) in [5.74, 6) is -5.02. The summed E-state index contributed by atoms with van der Waals surface area (Å²) in [5, 5.41) is 10.3. The lowest BCUT2D eigenvalue weighted by Gasteiger charge is -2.11. The third-order valence-corrected chi connectivity index (χ3v) is 9.07. The lowest BCUT2D eigenvalue weighted by molar-refractivity contribution is -0.384. The molecule has 0 unspecified atom stereocenters. The number of nitro groups is 1. The highest BCUT2D eigenvalue weighted by molar-refractivity contribution is 5.62. The van der Waals surface area contributed by atoms with Crippen molar-refractivity contribution >= 4 is 82.0 Å². The van der Waals surface area contributed by atoms with Crippen molar-refractivity contribution in [3.63, 3.8) is 0 Å². The van der Waals surface area contributed by atoms with E-state index in [0.29, 0.717) is 23.5 Å². The van der Waals surface area contributed by atoms with Crippen LogP contribution in [-0.2, 0) is 28.8 Å². The lowest BCUT2D eigenvalue weighted by atomic mass is 10.2. The number of benzene rings is 6. The van der Waals surface area contributed by atoms with Gasteiger partial charge in [0.2, 0.25) is 36.5 Å². The first-order valence-corrected chi connectivity index (χ1v) is 22.2. The van der Waals surface area contributed by atoms with Crippen LogP contribution in [0.4, 0.5) is 76.2 Å². The van der Waals surface area contributed by atoms with Crippen molar-refractivity contribution in [3.05, 3.63) is 166 Å². The molecule has 78 heavy (non-hydrogen) atoms. The van der Waals surface area contributed by atoms with Gasteiger partial charge in [-0.15, -0.1) is 0 Å². The van der Waals surface area contributed by atoms with Crippen molar-refractivity contribution in [1.29, 1.82) is 0 Å². The highest BCUT2D eigenvalue weighted by atomic mass is 19.3. The predicted octanol–water partition coefficient (Wildman–Crippen LogP) is 13.9. The molecule has 0 fully saturated rings. The van der Waals surface area contributed by atoms with Crippen LogP contribution in [0.1, 0.15) is 44.6 Å². The quantitative estimate of drug-likeness (QED) is 0.0158. The van der Waals surface area contributed by atoms with Gasteiger partial charge < -0.3 is 14.4 Å². The molecule has 0 atom stereocenters. The van der Waals surface area contributed by atoms with Crippen molar-refractivity contribution in [1.82, 2.24) is 0 Å². The molecule has 6 aromatic carbocycles. The van der Waals surface area contributed by atoms with Crippen LogP contribution in [0.3, 0.4) is 0 Å². The molecule has 18 nitrogen and oxygen atoms in total. The van der Waals surface area contributed by atoms with Crippen LogP contribution in [0.15, 0.2) is 151 Å². The average molecular weight is 1090 g/mol. The molecule has 0 aliphatic heterocycles. The van der Waals surface area contributed by atoms with E-state index in [2.05, 4.69) is 41.6 Å².